The van der Waals surface area contributed by atoms with E-state index in [-0.39, 0.29) is 46.5 Å². The highest BCUT2D eigenvalue weighted by atomic mass is 16.7. The van der Waals surface area contributed by atoms with Gasteiger partial charge in [-0.25, -0.2) is 0 Å². The predicted molar refractivity (Wildman–Crippen MR) is 210 cm³/mol. The fourth-order valence-corrected chi connectivity index (χ4v) is 7.65. The van der Waals surface area contributed by atoms with E-state index >= 15 is 0 Å². The number of nitrogens with zero attached hydrogens (tertiary/aromatic N) is 3. The highest BCUT2D eigenvalue weighted by Crippen LogP contribution is 2.48. The number of β-amino-alcohol motifs (C(OH)–C–C–N with tert-alkyl or cyclic N) is 1. The first kappa shape index (κ1) is 43.0. The number of hydrogen-bond donors (Lipinski definition) is 4. The van der Waals surface area contributed by atoms with Crippen LogP contribution in [-0.4, -0.2) is 118 Å². The van der Waals surface area contributed by atoms with E-state index in [1.54, 1.807) is 30.2 Å². The van der Waals surface area contributed by atoms with Crippen LogP contribution in [0.25, 0.3) is 0 Å². The van der Waals surface area contributed by atoms with Gasteiger partial charge in [0.15, 0.2) is 5.78 Å². The number of nitrogens with one attached hydrogen (secondary N) is 1. The monoisotopic (exact) mass is 790 g/mol. The molecule has 15 nitrogen and oxygen atoms in total. The topological polar surface area (TPSA) is 205 Å². The Kier molecular flexibility index (Phi) is 13.6. The van der Waals surface area contributed by atoms with Crippen molar-refractivity contribution in [3.05, 3.63) is 69.7 Å². The van der Waals surface area contributed by atoms with Gasteiger partial charge in [0.1, 0.15) is 23.3 Å². The summed E-state index contributed by atoms with van der Waals surface area (Å²) in [5.74, 6) is -7.01. The van der Waals surface area contributed by atoms with Crippen LogP contribution in [0.2, 0.25) is 0 Å². The minimum Gasteiger partial charge on any atom is -0.507 e. The second kappa shape index (κ2) is 18.0. The molecule has 5 bridgehead atoms. The molecule has 6 atom stereocenters. The van der Waals surface area contributed by atoms with Crippen molar-refractivity contribution in [2.45, 2.75) is 85.7 Å². The number of hydrazone groups is 1. The van der Waals surface area contributed by atoms with Crippen molar-refractivity contribution in [2.24, 2.45) is 22.9 Å². The number of ether oxygens (including phenoxy) is 3. The van der Waals surface area contributed by atoms with Crippen LogP contribution < -0.4 is 10.1 Å². The lowest BCUT2D eigenvalue weighted by molar-refractivity contribution is -0.152. The molecule has 15 heteroatoms. The molecule has 3 unspecified atom stereocenters. The average molecular weight is 791 g/mol. The van der Waals surface area contributed by atoms with Gasteiger partial charge in [-0.3, -0.25) is 33.9 Å². The van der Waals surface area contributed by atoms with Crippen LogP contribution in [0.1, 0.15) is 97.4 Å². The summed E-state index contributed by atoms with van der Waals surface area (Å²) in [5.41, 5.74) is -1.58. The fraction of sp³-hybridized carbons (Fsp3) is 0.524. The van der Waals surface area contributed by atoms with Crippen molar-refractivity contribution in [1.29, 1.82) is 0 Å². The maximum Gasteiger partial charge on any atom is 0.312 e. The number of ketones is 3. The molecule has 1 aromatic carbocycles. The van der Waals surface area contributed by atoms with E-state index in [2.05, 4.69) is 15.3 Å². The van der Waals surface area contributed by atoms with Crippen LogP contribution in [0.4, 0.5) is 0 Å². The summed E-state index contributed by atoms with van der Waals surface area (Å²) in [6.07, 6.45) is 9.06. The smallest absolute Gasteiger partial charge is 0.312 e. The summed E-state index contributed by atoms with van der Waals surface area (Å²) in [5, 5.41) is 40.8. The Morgan fingerprint density at radius 1 is 1.07 bits per heavy atom. The third-order valence-corrected chi connectivity index (χ3v) is 11.1. The Hall–Kier alpha value is -5.12. The molecular weight excluding hydrogens is 736 g/mol. The Morgan fingerprint density at radius 2 is 1.77 bits per heavy atom. The van der Waals surface area contributed by atoms with Crippen LogP contribution in [0.15, 0.2) is 52.5 Å². The number of aliphatic hydroxyl groups excluding tert-OH is 2. The lowest BCUT2D eigenvalue weighted by atomic mass is 9.81. The van der Waals surface area contributed by atoms with Gasteiger partial charge in [-0.05, 0) is 51.0 Å². The molecule has 6 rings (SSSR count). The Morgan fingerprint density at radius 3 is 2.44 bits per heavy atom. The molecule has 0 aromatic heterocycles. The number of phenolic OH excluding ortho intramolecular Hbond substituents is 1. The maximum absolute atomic E-state index is 14.6. The number of hydrogen-bond acceptors (Lipinski definition) is 14. The number of benzene rings is 1. The average Bonchev–Trinajstić information content (AvgIpc) is 3.43. The van der Waals surface area contributed by atoms with E-state index in [1.165, 1.54) is 33.2 Å². The Bertz CT molecular complexity index is 1940. The Balaban J connectivity index is 1.58. The first-order chi connectivity index (χ1) is 27.0. The van der Waals surface area contributed by atoms with E-state index in [1.807, 2.05) is 26.8 Å². The number of Topliss-reactive ketones (excluding diaryl/α,β-unsaturated/α-hetero) is 3. The lowest BCUT2D eigenvalue weighted by Crippen LogP contribution is -2.45. The first-order valence-electron chi connectivity index (χ1n) is 19.4. The molecule has 308 valence electrons. The van der Waals surface area contributed by atoms with Crippen LogP contribution in [0, 0.1) is 24.7 Å². The van der Waals surface area contributed by atoms with Gasteiger partial charge in [0, 0.05) is 63.6 Å². The van der Waals surface area contributed by atoms with Gasteiger partial charge in [-0.1, -0.05) is 39.0 Å². The molecule has 4 aliphatic heterocycles. The zero-order valence-electron chi connectivity index (χ0n) is 33.7. The number of amides is 1. The number of aromatic hydroxyl groups is 1. The summed E-state index contributed by atoms with van der Waals surface area (Å²) in [4.78, 5) is 70.9. The van der Waals surface area contributed by atoms with Gasteiger partial charge >= 0.3 is 11.8 Å². The molecule has 1 fully saturated rings. The highest BCUT2D eigenvalue weighted by molar-refractivity contribution is 6.37. The number of piperazine rings is 1. The molecule has 0 spiro atoms. The van der Waals surface area contributed by atoms with Crippen LogP contribution >= 0.6 is 0 Å². The zero-order chi connectivity index (χ0) is 41.8. The van der Waals surface area contributed by atoms with E-state index in [4.69, 9.17) is 14.2 Å². The van der Waals surface area contributed by atoms with E-state index in [0.717, 1.165) is 0 Å². The van der Waals surface area contributed by atoms with Gasteiger partial charge in [-0.2, -0.15) is 5.10 Å². The molecule has 4 heterocycles. The number of fused-ring (bicyclic) bond motifs is 14. The van der Waals surface area contributed by atoms with Gasteiger partial charge in [0.05, 0.1) is 47.5 Å². The fourth-order valence-electron chi connectivity index (χ4n) is 7.65. The quantitative estimate of drug-likeness (QED) is 0.248. The van der Waals surface area contributed by atoms with Gasteiger partial charge < -0.3 is 34.8 Å². The number of phenols is 1. The number of esters is 1. The number of allylic oxidation sites excluding steroid dienone is 6. The van der Waals surface area contributed by atoms with E-state index in [9.17, 15) is 39.3 Å². The zero-order valence-corrected chi connectivity index (χ0v) is 33.7. The molecule has 1 aliphatic carbocycles. The molecule has 1 amide bonds. The van der Waals surface area contributed by atoms with E-state index in [0.29, 0.717) is 52.0 Å². The van der Waals surface area contributed by atoms with Crippen molar-refractivity contribution in [1.82, 2.24) is 15.2 Å². The molecule has 1 aromatic rings. The van der Waals surface area contributed by atoms with Crippen LogP contribution in [0.3, 0.4) is 0 Å². The standard InChI is InChI=1S/C42H54N4O11/c1-23-11-10-12-24(2)41(54)44-34-29(22-43-46-16-14-45(15-17-46)18-19-47)37(51)31-32(38(34)52)36(50)27(5)39-33(31)40(53)42(7,57-39)55-20-9-8-13-30(56-28(6)48)26(4)35(49)25(3)21-23/h9-12,20,22-23,25-26,30,35,47,49-50H,8,13-19,21H2,1-7H3,(H,44,54)/b11-10+,20-9+,24-12-,43-22+/t23?,25-,26+,30?,35?,42+/m1/s1. The summed E-state index contributed by atoms with van der Waals surface area (Å²) in [6.45, 7) is 14.0. The molecular formula is C42H54N4O11. The SMILES string of the molecule is CC(=O)OC1CC/C=C/O[C@@]2(C)Oc3c(C)c(O)c4c(c3C2=O)C(=O)C(/C=N/N2CCN(CCO)CC2)=C(NC(=O)/C(C)=C\C=C\C(C)C[C@@H](C)C(O)[C@H]1C)C4=O. The van der Waals surface area contributed by atoms with Crippen LogP contribution in [0.5, 0.6) is 11.5 Å². The van der Waals surface area contributed by atoms with Crippen molar-refractivity contribution >= 4 is 35.4 Å². The van der Waals surface area contributed by atoms with E-state index < -0.39 is 75.7 Å². The summed E-state index contributed by atoms with van der Waals surface area (Å²) in [7, 11) is 0. The van der Waals surface area contributed by atoms with Gasteiger partial charge in [0.25, 0.3) is 11.7 Å². The van der Waals surface area contributed by atoms with Crippen molar-refractivity contribution in [2.75, 3.05) is 39.3 Å². The van der Waals surface area contributed by atoms with Crippen molar-refractivity contribution in [3.63, 3.8) is 0 Å². The van der Waals surface area contributed by atoms with Crippen molar-refractivity contribution < 1.29 is 53.5 Å². The number of rotatable bonds is 5. The predicted octanol–water partition coefficient (Wildman–Crippen LogP) is 3.75. The normalized spacial score (nSPS) is 30.1. The molecule has 0 saturated carbocycles. The summed E-state index contributed by atoms with van der Waals surface area (Å²) in [6, 6.07) is 0. The first-order valence-corrected chi connectivity index (χ1v) is 19.4. The molecule has 4 N–H and O–H groups in total. The highest BCUT2D eigenvalue weighted by Gasteiger charge is 2.52. The minimum atomic E-state index is -2.00. The number of carbonyl (C=O) groups excluding carboxylic acids is 5. The van der Waals surface area contributed by atoms with Gasteiger partial charge in [0.2, 0.25) is 5.78 Å². The number of aliphatic hydroxyl groups is 2. The van der Waals surface area contributed by atoms with Crippen LogP contribution in [-0.2, 0) is 19.1 Å². The summed E-state index contributed by atoms with van der Waals surface area (Å²) >= 11 is 0. The lowest BCUT2D eigenvalue weighted by Gasteiger charge is -2.32. The number of carbonyl (C=O) groups is 5. The summed E-state index contributed by atoms with van der Waals surface area (Å²) < 4.78 is 17.5. The third-order valence-electron chi connectivity index (χ3n) is 11.1. The molecule has 5 aliphatic rings. The largest absolute Gasteiger partial charge is 0.507 e. The molecule has 0 radical (unpaired) electrons. The molecule has 1 saturated heterocycles. The second-order valence-corrected chi connectivity index (χ2v) is 15.5. The minimum absolute atomic E-state index is 0.0120. The Labute approximate surface area is 332 Å². The molecule has 57 heavy (non-hydrogen) atoms. The van der Waals surface area contributed by atoms with Gasteiger partial charge in [-0.15, -0.1) is 0 Å². The second-order valence-electron chi connectivity index (χ2n) is 15.5. The third kappa shape index (κ3) is 9.21. The maximum atomic E-state index is 14.6. The van der Waals surface area contributed by atoms with Crippen molar-refractivity contribution in [3.8, 4) is 11.5 Å².